The van der Waals surface area contributed by atoms with Crippen molar-refractivity contribution in [3.05, 3.63) is 0 Å². The molecule has 0 aromatic carbocycles. The molecule has 1 aliphatic rings. The van der Waals surface area contributed by atoms with E-state index in [1.165, 1.54) is 6.92 Å². The topological polar surface area (TPSA) is 54.4 Å². The number of carbonyl (C=O) groups is 2. The van der Waals surface area contributed by atoms with E-state index in [4.69, 9.17) is 5.11 Å². The summed E-state index contributed by atoms with van der Waals surface area (Å²) in [6, 6.07) is 0. The van der Waals surface area contributed by atoms with Crippen molar-refractivity contribution in [2.75, 3.05) is 0 Å². The van der Waals surface area contributed by atoms with Crippen molar-refractivity contribution in [2.45, 2.75) is 19.4 Å². The lowest BCUT2D eigenvalue weighted by Gasteiger charge is -1.94. The molecule has 50 valence electrons. The zero-order valence-electron chi connectivity index (χ0n) is 5.13. The Morgan fingerprint density at radius 1 is 1.56 bits per heavy atom. The molecule has 0 radical (unpaired) electrons. The number of aliphatic hydroxyl groups excluding tert-OH is 1. The number of hydrogen-bond donors (Lipinski definition) is 1. The first-order valence-corrected chi connectivity index (χ1v) is 2.87. The molecular weight excluding hydrogens is 120 g/mol. The van der Waals surface area contributed by atoms with Crippen molar-refractivity contribution in [3.8, 4) is 0 Å². The van der Waals surface area contributed by atoms with E-state index in [0.29, 0.717) is 0 Å². The van der Waals surface area contributed by atoms with Crippen LogP contribution in [0.5, 0.6) is 0 Å². The van der Waals surface area contributed by atoms with E-state index < -0.39 is 12.0 Å². The van der Waals surface area contributed by atoms with E-state index in [2.05, 4.69) is 0 Å². The highest BCUT2D eigenvalue weighted by Gasteiger charge is 2.36. The average Bonchev–Trinajstić information content (AvgIpc) is 1.98. The number of carbonyl (C=O) groups excluding carboxylic acids is 2. The Morgan fingerprint density at radius 2 is 2.11 bits per heavy atom. The van der Waals surface area contributed by atoms with Crippen LogP contribution in [0.2, 0.25) is 0 Å². The van der Waals surface area contributed by atoms with Gasteiger partial charge < -0.3 is 5.11 Å². The standard InChI is InChI=1S/C6H8O3/c1-3-4(7)2-5(8)6(3)9/h3,5,8H,2H2,1H3. The lowest BCUT2D eigenvalue weighted by molar-refractivity contribution is -0.129. The van der Waals surface area contributed by atoms with Gasteiger partial charge in [-0.3, -0.25) is 9.59 Å². The van der Waals surface area contributed by atoms with Gasteiger partial charge in [0.05, 0.1) is 5.92 Å². The highest BCUT2D eigenvalue weighted by Crippen LogP contribution is 2.16. The summed E-state index contributed by atoms with van der Waals surface area (Å²) in [5.74, 6) is -1.05. The number of Topliss-reactive ketones (excluding diaryl/α,β-unsaturated/α-hetero) is 2. The molecule has 0 aromatic heterocycles. The second-order valence-corrected chi connectivity index (χ2v) is 2.31. The van der Waals surface area contributed by atoms with E-state index in [-0.39, 0.29) is 18.0 Å². The SMILES string of the molecule is CC1C(=O)CC(O)C1=O. The highest BCUT2D eigenvalue weighted by atomic mass is 16.3. The molecule has 0 spiro atoms. The van der Waals surface area contributed by atoms with E-state index in [1.807, 2.05) is 0 Å². The summed E-state index contributed by atoms with van der Waals surface area (Å²) >= 11 is 0. The van der Waals surface area contributed by atoms with Gasteiger partial charge in [0, 0.05) is 6.42 Å². The van der Waals surface area contributed by atoms with Crippen LogP contribution in [0.4, 0.5) is 0 Å². The molecule has 3 heteroatoms. The molecule has 0 aromatic rings. The van der Waals surface area contributed by atoms with Gasteiger partial charge in [0.25, 0.3) is 0 Å². The van der Waals surface area contributed by atoms with Gasteiger partial charge in [-0.15, -0.1) is 0 Å². The average molecular weight is 128 g/mol. The third-order valence-electron chi connectivity index (χ3n) is 1.63. The van der Waals surface area contributed by atoms with E-state index >= 15 is 0 Å². The Bertz CT molecular complexity index is 162. The second kappa shape index (κ2) is 1.92. The number of ketones is 2. The third kappa shape index (κ3) is 0.876. The fourth-order valence-corrected chi connectivity index (χ4v) is 0.915. The van der Waals surface area contributed by atoms with Gasteiger partial charge in [-0.25, -0.2) is 0 Å². The van der Waals surface area contributed by atoms with Gasteiger partial charge in [0.1, 0.15) is 11.9 Å². The Labute approximate surface area is 52.7 Å². The molecule has 0 aliphatic heterocycles. The summed E-state index contributed by atoms with van der Waals surface area (Å²) in [6.45, 7) is 1.53. The minimum Gasteiger partial charge on any atom is -0.385 e. The summed E-state index contributed by atoms with van der Waals surface area (Å²) in [4.78, 5) is 21.3. The minimum absolute atomic E-state index is 0.0139. The molecule has 1 rings (SSSR count). The molecule has 0 heterocycles. The van der Waals surface area contributed by atoms with Crippen LogP contribution in [-0.4, -0.2) is 22.8 Å². The minimum atomic E-state index is -1.02. The zero-order chi connectivity index (χ0) is 7.02. The monoisotopic (exact) mass is 128 g/mol. The predicted molar refractivity (Wildman–Crippen MR) is 29.8 cm³/mol. The van der Waals surface area contributed by atoms with Gasteiger partial charge in [-0.2, -0.15) is 0 Å². The van der Waals surface area contributed by atoms with Crippen LogP contribution in [0.3, 0.4) is 0 Å². The van der Waals surface area contributed by atoms with Crippen LogP contribution in [0.1, 0.15) is 13.3 Å². The molecule has 3 nitrogen and oxygen atoms in total. The molecule has 0 bridgehead atoms. The molecule has 2 unspecified atom stereocenters. The third-order valence-corrected chi connectivity index (χ3v) is 1.63. The molecular formula is C6H8O3. The first-order chi connectivity index (χ1) is 4.13. The fraction of sp³-hybridized carbons (Fsp3) is 0.667. The van der Waals surface area contributed by atoms with Crippen LogP contribution in [0.25, 0.3) is 0 Å². The summed E-state index contributed by atoms with van der Waals surface area (Å²) in [5, 5.41) is 8.77. The lowest BCUT2D eigenvalue weighted by atomic mass is 10.1. The molecule has 2 atom stereocenters. The Balaban J connectivity index is 2.77. The highest BCUT2D eigenvalue weighted by molar-refractivity contribution is 6.10. The van der Waals surface area contributed by atoms with Crippen LogP contribution >= 0.6 is 0 Å². The van der Waals surface area contributed by atoms with Crippen molar-refractivity contribution >= 4 is 11.6 Å². The Hall–Kier alpha value is -0.700. The van der Waals surface area contributed by atoms with E-state index in [9.17, 15) is 9.59 Å². The van der Waals surface area contributed by atoms with Crippen LogP contribution < -0.4 is 0 Å². The number of hydrogen-bond acceptors (Lipinski definition) is 3. The van der Waals surface area contributed by atoms with Gasteiger partial charge >= 0.3 is 0 Å². The van der Waals surface area contributed by atoms with Crippen LogP contribution in [0, 0.1) is 5.92 Å². The lowest BCUT2D eigenvalue weighted by Crippen LogP contribution is -2.16. The van der Waals surface area contributed by atoms with Gasteiger partial charge in [-0.05, 0) is 6.92 Å². The number of rotatable bonds is 0. The van der Waals surface area contributed by atoms with Crippen molar-refractivity contribution in [2.24, 2.45) is 5.92 Å². The summed E-state index contributed by atoms with van der Waals surface area (Å²) < 4.78 is 0. The fourth-order valence-electron chi connectivity index (χ4n) is 0.915. The quantitative estimate of drug-likeness (QED) is 0.448. The van der Waals surface area contributed by atoms with Crippen LogP contribution in [-0.2, 0) is 9.59 Å². The Kier molecular flexibility index (Phi) is 1.37. The largest absolute Gasteiger partial charge is 0.385 e. The molecule has 1 N–H and O–H groups in total. The normalized spacial score (nSPS) is 35.8. The van der Waals surface area contributed by atoms with Crippen LogP contribution in [0.15, 0.2) is 0 Å². The van der Waals surface area contributed by atoms with Gasteiger partial charge in [0.15, 0.2) is 5.78 Å². The Morgan fingerprint density at radius 3 is 2.22 bits per heavy atom. The zero-order valence-corrected chi connectivity index (χ0v) is 5.13. The van der Waals surface area contributed by atoms with Gasteiger partial charge in [-0.1, -0.05) is 0 Å². The van der Waals surface area contributed by atoms with Crippen molar-refractivity contribution in [1.29, 1.82) is 0 Å². The van der Waals surface area contributed by atoms with E-state index in [0.717, 1.165) is 0 Å². The van der Waals surface area contributed by atoms with Crippen molar-refractivity contribution in [1.82, 2.24) is 0 Å². The summed E-state index contributed by atoms with van der Waals surface area (Å²) in [7, 11) is 0. The summed E-state index contributed by atoms with van der Waals surface area (Å²) in [5.41, 5.74) is 0. The first kappa shape index (κ1) is 6.42. The van der Waals surface area contributed by atoms with Crippen molar-refractivity contribution < 1.29 is 14.7 Å². The van der Waals surface area contributed by atoms with Crippen molar-refractivity contribution in [3.63, 3.8) is 0 Å². The number of aliphatic hydroxyl groups is 1. The molecule has 1 aliphatic carbocycles. The summed E-state index contributed by atoms with van der Waals surface area (Å²) in [6.07, 6.45) is -1.01. The molecule has 0 amide bonds. The maximum absolute atomic E-state index is 10.6. The first-order valence-electron chi connectivity index (χ1n) is 2.87. The maximum Gasteiger partial charge on any atom is 0.171 e. The maximum atomic E-state index is 10.6. The molecule has 1 fully saturated rings. The smallest absolute Gasteiger partial charge is 0.171 e. The second-order valence-electron chi connectivity index (χ2n) is 2.31. The van der Waals surface area contributed by atoms with E-state index in [1.54, 1.807) is 0 Å². The van der Waals surface area contributed by atoms with Gasteiger partial charge in [0.2, 0.25) is 0 Å². The molecule has 0 saturated heterocycles. The molecule has 1 saturated carbocycles. The molecule has 9 heavy (non-hydrogen) atoms. The predicted octanol–water partition coefficient (Wildman–Crippen LogP) is -0.475.